The van der Waals surface area contributed by atoms with Crippen molar-refractivity contribution < 1.29 is 4.39 Å². The van der Waals surface area contributed by atoms with Crippen LogP contribution in [0.4, 0.5) is 4.39 Å². The van der Waals surface area contributed by atoms with Crippen LogP contribution >= 0.6 is 24.0 Å². The molecular weight excluding hydrogens is 466 g/mol. The van der Waals surface area contributed by atoms with Gasteiger partial charge in [-0.2, -0.15) is 0 Å². The predicted molar refractivity (Wildman–Crippen MR) is 124 cm³/mol. The van der Waals surface area contributed by atoms with Crippen LogP contribution in [-0.4, -0.2) is 36.5 Å². The maximum absolute atomic E-state index is 13.8. The minimum absolute atomic E-state index is 0. The molecule has 2 unspecified atom stereocenters. The summed E-state index contributed by atoms with van der Waals surface area (Å²) in [6.45, 7) is 4.76. The van der Waals surface area contributed by atoms with Gasteiger partial charge in [0, 0.05) is 44.3 Å². The summed E-state index contributed by atoms with van der Waals surface area (Å²) in [4.78, 5) is 6.83. The Bertz CT molecular complexity index is 753. The molecule has 0 radical (unpaired) electrons. The SMILES string of the molecule is CN=C(NCc1ccccc1F)NC1CCN(Cc2ccccc2)C(C)C1.I. The monoisotopic (exact) mass is 496 g/mol. The molecule has 2 aromatic carbocycles. The van der Waals surface area contributed by atoms with Crippen LogP contribution in [0.5, 0.6) is 0 Å². The number of nitrogens with zero attached hydrogens (tertiary/aromatic N) is 2. The van der Waals surface area contributed by atoms with E-state index in [-0.39, 0.29) is 29.8 Å². The first kappa shape index (κ1) is 22.6. The van der Waals surface area contributed by atoms with Crippen molar-refractivity contribution in [2.45, 2.75) is 44.9 Å². The van der Waals surface area contributed by atoms with E-state index in [1.165, 1.54) is 11.6 Å². The highest BCUT2D eigenvalue weighted by Crippen LogP contribution is 2.20. The van der Waals surface area contributed by atoms with E-state index >= 15 is 0 Å². The lowest BCUT2D eigenvalue weighted by molar-refractivity contribution is 0.134. The van der Waals surface area contributed by atoms with E-state index in [0.29, 0.717) is 24.2 Å². The summed E-state index contributed by atoms with van der Waals surface area (Å²) in [5.74, 6) is 0.537. The number of aliphatic imine (C=N–C) groups is 1. The second-order valence-corrected chi connectivity index (χ2v) is 7.19. The van der Waals surface area contributed by atoms with Crippen LogP contribution in [0.15, 0.2) is 59.6 Å². The topological polar surface area (TPSA) is 39.7 Å². The molecule has 2 aromatic rings. The van der Waals surface area contributed by atoms with Crippen LogP contribution in [0, 0.1) is 5.82 Å². The molecule has 1 fully saturated rings. The summed E-state index contributed by atoms with van der Waals surface area (Å²) in [6.07, 6.45) is 2.13. The van der Waals surface area contributed by atoms with Gasteiger partial charge in [0.05, 0.1) is 0 Å². The molecule has 6 heteroatoms. The number of piperidine rings is 1. The highest BCUT2D eigenvalue weighted by Gasteiger charge is 2.25. The minimum Gasteiger partial charge on any atom is -0.354 e. The van der Waals surface area contributed by atoms with Gasteiger partial charge in [-0.25, -0.2) is 4.39 Å². The number of guanidine groups is 1. The van der Waals surface area contributed by atoms with Crippen LogP contribution < -0.4 is 10.6 Å². The summed E-state index contributed by atoms with van der Waals surface area (Å²) in [5.41, 5.74) is 2.00. The predicted octanol–water partition coefficient (Wildman–Crippen LogP) is 4.16. The number of rotatable bonds is 5. The Balaban J connectivity index is 0.00000280. The smallest absolute Gasteiger partial charge is 0.191 e. The summed E-state index contributed by atoms with van der Waals surface area (Å²) < 4.78 is 13.8. The fourth-order valence-corrected chi connectivity index (χ4v) is 3.61. The Morgan fingerprint density at radius 1 is 1.14 bits per heavy atom. The van der Waals surface area contributed by atoms with Crippen molar-refractivity contribution in [1.82, 2.24) is 15.5 Å². The standard InChI is InChI=1S/C22H29FN4.HI/c1-17-14-20(12-13-27(17)16-18-8-4-3-5-9-18)26-22(24-2)25-15-19-10-6-7-11-21(19)23;/h3-11,17,20H,12-16H2,1-2H3,(H2,24,25,26);1H. The highest BCUT2D eigenvalue weighted by molar-refractivity contribution is 14.0. The normalized spacial score (nSPS) is 20.3. The molecule has 2 atom stereocenters. The van der Waals surface area contributed by atoms with Crippen LogP contribution in [0.3, 0.4) is 0 Å². The molecule has 0 amide bonds. The molecule has 1 aliphatic rings. The zero-order valence-corrected chi connectivity index (χ0v) is 18.9. The Morgan fingerprint density at radius 3 is 2.54 bits per heavy atom. The fourth-order valence-electron chi connectivity index (χ4n) is 3.61. The number of nitrogens with one attached hydrogen (secondary N) is 2. The molecule has 0 bridgehead atoms. The van der Waals surface area contributed by atoms with Gasteiger partial charge in [0.1, 0.15) is 5.82 Å². The van der Waals surface area contributed by atoms with E-state index in [2.05, 4.69) is 57.8 Å². The molecule has 28 heavy (non-hydrogen) atoms. The Kier molecular flexibility index (Phi) is 9.18. The first-order valence-corrected chi connectivity index (χ1v) is 9.64. The van der Waals surface area contributed by atoms with Crippen molar-refractivity contribution in [3.8, 4) is 0 Å². The molecule has 1 aliphatic heterocycles. The second kappa shape index (κ2) is 11.4. The van der Waals surface area contributed by atoms with Crippen molar-refractivity contribution >= 4 is 29.9 Å². The molecule has 1 saturated heterocycles. The van der Waals surface area contributed by atoms with Gasteiger partial charge in [0.25, 0.3) is 0 Å². The van der Waals surface area contributed by atoms with Crippen molar-refractivity contribution in [2.75, 3.05) is 13.6 Å². The van der Waals surface area contributed by atoms with Crippen molar-refractivity contribution in [3.63, 3.8) is 0 Å². The zero-order chi connectivity index (χ0) is 19.1. The number of hydrogen-bond donors (Lipinski definition) is 2. The molecular formula is C22H30FIN4. The quantitative estimate of drug-likeness (QED) is 0.371. The Morgan fingerprint density at radius 2 is 1.86 bits per heavy atom. The third-order valence-electron chi connectivity index (χ3n) is 5.21. The van der Waals surface area contributed by atoms with Crippen LogP contribution in [0.2, 0.25) is 0 Å². The molecule has 3 rings (SSSR count). The molecule has 2 N–H and O–H groups in total. The molecule has 0 aromatic heterocycles. The third-order valence-corrected chi connectivity index (χ3v) is 5.21. The summed E-state index contributed by atoms with van der Waals surface area (Å²) >= 11 is 0. The van der Waals surface area contributed by atoms with Gasteiger partial charge in [-0.05, 0) is 31.4 Å². The molecule has 152 valence electrons. The highest BCUT2D eigenvalue weighted by atomic mass is 127. The number of likely N-dealkylation sites (tertiary alicyclic amines) is 1. The maximum Gasteiger partial charge on any atom is 0.191 e. The van der Waals surface area contributed by atoms with Gasteiger partial charge >= 0.3 is 0 Å². The Labute approximate surface area is 184 Å². The molecule has 0 spiro atoms. The van der Waals surface area contributed by atoms with Crippen molar-refractivity contribution in [3.05, 3.63) is 71.5 Å². The first-order valence-electron chi connectivity index (χ1n) is 9.64. The van der Waals surface area contributed by atoms with E-state index in [0.717, 1.165) is 31.9 Å². The summed E-state index contributed by atoms with van der Waals surface area (Å²) in [6, 6.07) is 18.3. The van der Waals surface area contributed by atoms with Crippen LogP contribution in [-0.2, 0) is 13.1 Å². The number of benzene rings is 2. The van der Waals surface area contributed by atoms with E-state index in [1.54, 1.807) is 19.2 Å². The maximum atomic E-state index is 13.8. The van der Waals surface area contributed by atoms with Gasteiger partial charge < -0.3 is 10.6 Å². The minimum atomic E-state index is -0.191. The Hall–Kier alpha value is -1.67. The average Bonchev–Trinajstić information content (AvgIpc) is 2.69. The van der Waals surface area contributed by atoms with Crippen LogP contribution in [0.25, 0.3) is 0 Å². The third kappa shape index (κ3) is 6.44. The van der Waals surface area contributed by atoms with Crippen molar-refractivity contribution in [2.24, 2.45) is 4.99 Å². The fraction of sp³-hybridized carbons (Fsp3) is 0.409. The van der Waals surface area contributed by atoms with E-state index in [1.807, 2.05) is 6.07 Å². The molecule has 0 aliphatic carbocycles. The lowest BCUT2D eigenvalue weighted by Crippen LogP contribution is -2.51. The largest absolute Gasteiger partial charge is 0.354 e. The van der Waals surface area contributed by atoms with Gasteiger partial charge in [-0.15, -0.1) is 24.0 Å². The van der Waals surface area contributed by atoms with Gasteiger partial charge in [0.15, 0.2) is 5.96 Å². The lowest BCUT2D eigenvalue weighted by atomic mass is 9.97. The number of halogens is 2. The van der Waals surface area contributed by atoms with E-state index in [9.17, 15) is 4.39 Å². The molecule has 1 heterocycles. The van der Waals surface area contributed by atoms with Gasteiger partial charge in [-0.1, -0.05) is 48.5 Å². The summed E-state index contributed by atoms with van der Waals surface area (Å²) in [7, 11) is 1.75. The number of hydrogen-bond acceptors (Lipinski definition) is 2. The lowest BCUT2D eigenvalue weighted by Gasteiger charge is -2.38. The molecule has 4 nitrogen and oxygen atoms in total. The van der Waals surface area contributed by atoms with Gasteiger partial charge in [-0.3, -0.25) is 9.89 Å². The first-order chi connectivity index (χ1) is 13.2. The van der Waals surface area contributed by atoms with E-state index in [4.69, 9.17) is 0 Å². The van der Waals surface area contributed by atoms with Crippen molar-refractivity contribution in [1.29, 1.82) is 0 Å². The van der Waals surface area contributed by atoms with Crippen LogP contribution in [0.1, 0.15) is 30.9 Å². The molecule has 0 saturated carbocycles. The second-order valence-electron chi connectivity index (χ2n) is 7.19. The van der Waals surface area contributed by atoms with Gasteiger partial charge in [0.2, 0.25) is 0 Å². The zero-order valence-electron chi connectivity index (χ0n) is 16.6. The van der Waals surface area contributed by atoms with E-state index < -0.39 is 0 Å². The summed E-state index contributed by atoms with van der Waals surface area (Å²) in [5, 5.41) is 6.72. The average molecular weight is 496 g/mol.